The van der Waals surface area contributed by atoms with Crippen molar-refractivity contribution < 1.29 is 13.2 Å². The monoisotopic (exact) mass is 265 g/mol. The number of Topliss-reactive ketones (excluding diaryl/α,β-unsaturated/α-hetero) is 1. The number of rotatable bonds is 2. The van der Waals surface area contributed by atoms with Crippen LogP contribution in [-0.4, -0.2) is 30.6 Å². The number of nitrogens with zero attached hydrogens (tertiary/aromatic N) is 1. The van der Waals surface area contributed by atoms with Crippen molar-refractivity contribution in [2.45, 2.75) is 43.2 Å². The normalized spacial score (nSPS) is 30.9. The predicted molar refractivity (Wildman–Crippen MR) is 66.6 cm³/mol. The lowest BCUT2D eigenvalue weighted by Gasteiger charge is -2.05. The van der Waals surface area contributed by atoms with Crippen molar-refractivity contribution >= 4 is 15.8 Å². The van der Waals surface area contributed by atoms with E-state index in [2.05, 4.69) is 0 Å². The molecule has 1 aliphatic carbocycles. The van der Waals surface area contributed by atoms with Crippen molar-refractivity contribution in [3.05, 3.63) is 29.8 Å². The Kier molecular flexibility index (Phi) is 2.57. The average molecular weight is 265 g/mol. The molecule has 96 valence electrons. The van der Waals surface area contributed by atoms with Gasteiger partial charge in [0.25, 0.3) is 0 Å². The van der Waals surface area contributed by atoms with Gasteiger partial charge in [0.15, 0.2) is 5.78 Å². The van der Waals surface area contributed by atoms with Crippen LogP contribution in [0.3, 0.4) is 0 Å². The Hall–Kier alpha value is -1.20. The highest BCUT2D eigenvalue weighted by molar-refractivity contribution is 7.89. The minimum absolute atomic E-state index is 0.0712. The van der Waals surface area contributed by atoms with Crippen LogP contribution in [0.2, 0.25) is 0 Å². The van der Waals surface area contributed by atoms with Crippen molar-refractivity contribution in [1.82, 2.24) is 4.31 Å². The van der Waals surface area contributed by atoms with E-state index >= 15 is 0 Å². The van der Waals surface area contributed by atoms with Crippen molar-refractivity contribution in [2.75, 3.05) is 0 Å². The van der Waals surface area contributed by atoms with E-state index < -0.39 is 10.0 Å². The van der Waals surface area contributed by atoms with Crippen molar-refractivity contribution in [3.63, 3.8) is 0 Å². The second-order valence-electron chi connectivity index (χ2n) is 5.02. The zero-order chi connectivity index (χ0) is 12.9. The highest BCUT2D eigenvalue weighted by Crippen LogP contribution is 2.42. The molecule has 3 rings (SSSR count). The van der Waals surface area contributed by atoms with Gasteiger partial charge in [-0.05, 0) is 31.9 Å². The van der Waals surface area contributed by atoms with Gasteiger partial charge < -0.3 is 0 Å². The Balaban J connectivity index is 1.93. The summed E-state index contributed by atoms with van der Waals surface area (Å²) in [5.41, 5.74) is 1.02. The van der Waals surface area contributed by atoms with Crippen molar-refractivity contribution in [1.29, 1.82) is 0 Å². The van der Waals surface area contributed by atoms with Crippen LogP contribution >= 0.6 is 0 Å². The van der Waals surface area contributed by atoms with E-state index in [0.29, 0.717) is 6.42 Å². The molecular weight excluding hydrogens is 250 g/mol. The zero-order valence-corrected chi connectivity index (χ0v) is 11.0. The molecule has 1 saturated carbocycles. The molecule has 0 spiro atoms. The Bertz CT molecular complexity index is 591. The Morgan fingerprint density at radius 2 is 1.89 bits per heavy atom. The van der Waals surface area contributed by atoms with E-state index in [1.54, 1.807) is 24.3 Å². The third-order valence-corrected chi connectivity index (χ3v) is 5.65. The summed E-state index contributed by atoms with van der Waals surface area (Å²) in [7, 11) is -3.49. The Morgan fingerprint density at radius 3 is 2.50 bits per heavy atom. The van der Waals surface area contributed by atoms with Crippen molar-refractivity contribution in [3.8, 4) is 0 Å². The van der Waals surface area contributed by atoms with Crippen LogP contribution in [0.5, 0.6) is 0 Å². The molecule has 2 fully saturated rings. The summed E-state index contributed by atoms with van der Waals surface area (Å²) in [4.78, 5) is 12.0. The first-order valence-electron chi connectivity index (χ1n) is 6.15. The first-order chi connectivity index (χ1) is 8.51. The SMILES string of the molecule is Cc1ccc(S(=O)(=O)N2C3CCCC(=O)C32)cc1. The van der Waals surface area contributed by atoms with Crippen LogP contribution in [0, 0.1) is 6.92 Å². The molecule has 1 aliphatic heterocycles. The lowest BCUT2D eigenvalue weighted by atomic mass is 10.00. The maximum Gasteiger partial charge on any atom is 0.244 e. The van der Waals surface area contributed by atoms with Gasteiger partial charge in [0, 0.05) is 12.5 Å². The maximum atomic E-state index is 12.4. The van der Waals surface area contributed by atoms with Gasteiger partial charge in [0.2, 0.25) is 10.0 Å². The standard InChI is InChI=1S/C13H15NO3S/c1-9-5-7-10(8-6-9)18(16,17)14-11-3-2-4-12(15)13(11)14/h5-8,11,13H,2-4H2,1H3. The number of fused-ring (bicyclic) bond motifs is 1. The molecular formula is C13H15NO3S. The molecule has 0 bridgehead atoms. The van der Waals surface area contributed by atoms with E-state index in [1.807, 2.05) is 6.92 Å². The van der Waals surface area contributed by atoms with Gasteiger partial charge in [0.05, 0.1) is 4.90 Å². The summed E-state index contributed by atoms with van der Waals surface area (Å²) in [6, 6.07) is 6.31. The van der Waals surface area contributed by atoms with E-state index in [9.17, 15) is 13.2 Å². The molecule has 1 aromatic carbocycles. The molecule has 0 amide bonds. The van der Waals surface area contributed by atoms with Crippen LogP contribution < -0.4 is 0 Å². The van der Waals surface area contributed by atoms with Crippen LogP contribution in [-0.2, 0) is 14.8 Å². The van der Waals surface area contributed by atoms with Crippen LogP contribution in [0.25, 0.3) is 0 Å². The molecule has 1 heterocycles. The summed E-state index contributed by atoms with van der Waals surface area (Å²) in [5.74, 6) is 0.0712. The molecule has 0 N–H and O–H groups in total. The fraction of sp³-hybridized carbons (Fsp3) is 0.462. The Morgan fingerprint density at radius 1 is 1.22 bits per heavy atom. The number of ketones is 1. The lowest BCUT2D eigenvalue weighted by molar-refractivity contribution is -0.119. The number of aryl methyl sites for hydroxylation is 1. The van der Waals surface area contributed by atoms with Crippen LogP contribution in [0.1, 0.15) is 24.8 Å². The number of benzene rings is 1. The number of hydrogen-bond donors (Lipinski definition) is 0. The van der Waals surface area contributed by atoms with Crippen LogP contribution in [0.15, 0.2) is 29.2 Å². The van der Waals surface area contributed by atoms with E-state index in [0.717, 1.165) is 18.4 Å². The minimum atomic E-state index is -3.49. The van der Waals surface area contributed by atoms with Gasteiger partial charge in [-0.25, -0.2) is 8.42 Å². The van der Waals surface area contributed by atoms with E-state index in [-0.39, 0.29) is 22.8 Å². The van der Waals surface area contributed by atoms with Gasteiger partial charge in [-0.3, -0.25) is 4.79 Å². The van der Waals surface area contributed by atoms with Gasteiger partial charge >= 0.3 is 0 Å². The number of sulfonamides is 1. The lowest BCUT2D eigenvalue weighted by Crippen LogP contribution is -2.19. The van der Waals surface area contributed by atoms with Gasteiger partial charge in [-0.2, -0.15) is 4.31 Å². The largest absolute Gasteiger partial charge is 0.298 e. The molecule has 18 heavy (non-hydrogen) atoms. The van der Waals surface area contributed by atoms with Gasteiger partial charge in [-0.15, -0.1) is 0 Å². The van der Waals surface area contributed by atoms with E-state index in [4.69, 9.17) is 0 Å². The summed E-state index contributed by atoms with van der Waals surface area (Å²) in [6.45, 7) is 1.91. The molecule has 1 aromatic rings. The third-order valence-electron chi connectivity index (χ3n) is 3.73. The summed E-state index contributed by atoms with van der Waals surface area (Å²) < 4.78 is 26.2. The van der Waals surface area contributed by atoms with Gasteiger partial charge in [-0.1, -0.05) is 17.7 Å². The first kappa shape index (κ1) is 11.9. The van der Waals surface area contributed by atoms with Gasteiger partial charge in [0.1, 0.15) is 6.04 Å². The molecule has 0 aromatic heterocycles. The minimum Gasteiger partial charge on any atom is -0.298 e. The summed E-state index contributed by atoms with van der Waals surface area (Å²) in [6.07, 6.45) is 2.13. The smallest absolute Gasteiger partial charge is 0.244 e. The number of hydrogen-bond acceptors (Lipinski definition) is 3. The Labute approximate surface area is 107 Å². The average Bonchev–Trinajstić information content (AvgIpc) is 3.06. The van der Waals surface area contributed by atoms with E-state index in [1.165, 1.54) is 4.31 Å². The maximum absolute atomic E-state index is 12.4. The molecule has 3 atom stereocenters. The third kappa shape index (κ3) is 1.69. The molecule has 2 aliphatic rings. The first-order valence-corrected chi connectivity index (χ1v) is 7.59. The second-order valence-corrected chi connectivity index (χ2v) is 6.86. The van der Waals surface area contributed by atoms with Crippen LogP contribution in [0.4, 0.5) is 0 Å². The summed E-state index contributed by atoms with van der Waals surface area (Å²) >= 11 is 0. The number of carbonyl (C=O) groups excluding carboxylic acids is 1. The predicted octanol–water partition coefficient (Wildman–Crippen LogP) is 1.49. The fourth-order valence-electron chi connectivity index (χ4n) is 2.69. The zero-order valence-electron chi connectivity index (χ0n) is 10.2. The topological polar surface area (TPSA) is 54.2 Å². The highest BCUT2D eigenvalue weighted by Gasteiger charge is 2.59. The molecule has 0 radical (unpaired) electrons. The molecule has 3 unspecified atom stereocenters. The summed E-state index contributed by atoms with van der Waals surface area (Å²) in [5, 5.41) is 0. The second kappa shape index (κ2) is 3.90. The molecule has 5 heteroatoms. The molecule has 1 saturated heterocycles. The highest BCUT2D eigenvalue weighted by atomic mass is 32.2. The number of carbonyl (C=O) groups is 1. The molecule has 4 nitrogen and oxygen atoms in total. The quantitative estimate of drug-likeness (QED) is 0.761. The fourth-order valence-corrected chi connectivity index (χ4v) is 4.50. The van der Waals surface area contributed by atoms with Crippen molar-refractivity contribution in [2.24, 2.45) is 0 Å².